The van der Waals surface area contributed by atoms with E-state index in [-0.39, 0.29) is 17.3 Å². The molecule has 3 fully saturated rings. The Labute approximate surface area is 195 Å². The summed E-state index contributed by atoms with van der Waals surface area (Å²) in [7, 11) is 0. The summed E-state index contributed by atoms with van der Waals surface area (Å²) in [5.74, 6) is 3.74. The van der Waals surface area contributed by atoms with Crippen LogP contribution in [-0.4, -0.2) is 32.6 Å². The van der Waals surface area contributed by atoms with Crippen LogP contribution in [0.5, 0.6) is 0 Å². The van der Waals surface area contributed by atoms with Crippen molar-refractivity contribution in [3.63, 3.8) is 0 Å². The van der Waals surface area contributed by atoms with E-state index in [1.54, 1.807) is 0 Å². The summed E-state index contributed by atoms with van der Waals surface area (Å²) in [5, 5.41) is 30.4. The van der Waals surface area contributed by atoms with Crippen molar-refractivity contribution in [2.45, 2.75) is 105 Å². The molecule has 0 amide bonds. The van der Waals surface area contributed by atoms with Crippen molar-refractivity contribution >= 4 is 0 Å². The molecule has 180 valence electrons. The van der Waals surface area contributed by atoms with Crippen molar-refractivity contribution in [1.82, 2.24) is 10.2 Å². The Morgan fingerprint density at radius 3 is 2.50 bits per heavy atom. The van der Waals surface area contributed by atoms with Gasteiger partial charge in [0, 0.05) is 5.69 Å². The zero-order valence-electron chi connectivity index (χ0n) is 21.0. The number of aromatic nitrogens is 2. The third kappa shape index (κ3) is 3.34. The molecule has 0 saturated heterocycles. The van der Waals surface area contributed by atoms with Crippen LogP contribution >= 0.6 is 0 Å². The first-order chi connectivity index (χ1) is 15.2. The molecule has 4 nitrogen and oxygen atoms in total. The van der Waals surface area contributed by atoms with Crippen LogP contribution in [0.15, 0.2) is 6.20 Å². The molecule has 0 aliphatic heterocycles. The molecule has 10 atom stereocenters. The van der Waals surface area contributed by atoms with E-state index in [0.29, 0.717) is 17.3 Å². The Morgan fingerprint density at radius 2 is 1.75 bits per heavy atom. The van der Waals surface area contributed by atoms with E-state index in [1.807, 2.05) is 6.20 Å². The van der Waals surface area contributed by atoms with Crippen molar-refractivity contribution in [2.75, 3.05) is 0 Å². The van der Waals surface area contributed by atoms with Gasteiger partial charge in [0.25, 0.3) is 0 Å². The topological polar surface area (TPSA) is 69.1 Å². The third-order valence-electron chi connectivity index (χ3n) is 11.2. The van der Waals surface area contributed by atoms with E-state index in [1.165, 1.54) is 56.2 Å². The number of rotatable bonds is 5. The summed E-state index contributed by atoms with van der Waals surface area (Å²) in [6.45, 7) is 12.1. The van der Waals surface area contributed by atoms with Gasteiger partial charge in [0.1, 0.15) is 0 Å². The number of nitrogens with one attached hydrogen (secondary N) is 1. The van der Waals surface area contributed by atoms with Gasteiger partial charge in [-0.2, -0.15) is 5.10 Å². The lowest BCUT2D eigenvalue weighted by molar-refractivity contribution is -0.207. The molecular formula is C28H46N2O2. The molecule has 0 aromatic carbocycles. The zero-order valence-corrected chi connectivity index (χ0v) is 21.0. The van der Waals surface area contributed by atoms with Gasteiger partial charge in [-0.25, -0.2) is 0 Å². The Morgan fingerprint density at radius 1 is 1.00 bits per heavy atom. The van der Waals surface area contributed by atoms with E-state index in [9.17, 15) is 10.2 Å². The average molecular weight is 443 g/mol. The molecule has 3 saturated carbocycles. The Hall–Kier alpha value is -0.870. The fourth-order valence-electron chi connectivity index (χ4n) is 9.51. The second kappa shape index (κ2) is 8.12. The van der Waals surface area contributed by atoms with E-state index in [0.717, 1.165) is 30.6 Å². The smallest absolute Gasteiger partial charge is 0.0839 e. The van der Waals surface area contributed by atoms with Crippen molar-refractivity contribution < 1.29 is 10.2 Å². The van der Waals surface area contributed by atoms with Crippen LogP contribution in [-0.2, 0) is 12.8 Å². The maximum absolute atomic E-state index is 11.5. The van der Waals surface area contributed by atoms with Gasteiger partial charge in [0.2, 0.25) is 0 Å². The lowest BCUT2D eigenvalue weighted by Crippen LogP contribution is -2.64. The summed E-state index contributed by atoms with van der Waals surface area (Å²) < 4.78 is 0. The lowest BCUT2D eigenvalue weighted by atomic mass is 9.43. The summed E-state index contributed by atoms with van der Waals surface area (Å²) >= 11 is 0. The largest absolute Gasteiger partial charge is 0.390 e. The van der Waals surface area contributed by atoms with Crippen molar-refractivity contribution in [3.8, 4) is 0 Å². The fraction of sp³-hybridized carbons (Fsp3) is 0.893. The maximum Gasteiger partial charge on any atom is 0.0839 e. The predicted molar refractivity (Wildman–Crippen MR) is 128 cm³/mol. The summed E-state index contributed by atoms with van der Waals surface area (Å²) in [6, 6.07) is 0. The van der Waals surface area contributed by atoms with E-state index in [2.05, 4.69) is 44.8 Å². The predicted octanol–water partition coefficient (Wildman–Crippen LogP) is 5.39. The van der Waals surface area contributed by atoms with Crippen LogP contribution in [0.25, 0.3) is 0 Å². The number of aliphatic hydroxyl groups is 2. The number of aromatic amines is 1. The molecular weight excluding hydrogens is 396 g/mol. The molecule has 4 aliphatic rings. The second-order valence-electron chi connectivity index (χ2n) is 13.2. The molecule has 1 heterocycles. The number of hydrogen-bond acceptors (Lipinski definition) is 3. The number of fused-ring (bicyclic) bond motifs is 6. The first-order valence-corrected chi connectivity index (χ1v) is 13.5. The van der Waals surface area contributed by atoms with Crippen LogP contribution < -0.4 is 0 Å². The molecule has 3 N–H and O–H groups in total. The quantitative estimate of drug-likeness (QED) is 0.573. The minimum atomic E-state index is -0.623. The summed E-state index contributed by atoms with van der Waals surface area (Å²) in [5.41, 5.74) is 2.89. The molecule has 5 rings (SSSR count). The van der Waals surface area contributed by atoms with Crippen LogP contribution in [0.4, 0.5) is 0 Å². The highest BCUT2D eigenvalue weighted by Gasteiger charge is 2.65. The highest BCUT2D eigenvalue weighted by atomic mass is 16.3. The van der Waals surface area contributed by atoms with Gasteiger partial charge in [-0.3, -0.25) is 5.10 Å². The Bertz CT molecular complexity index is 820. The van der Waals surface area contributed by atoms with Gasteiger partial charge in [-0.1, -0.05) is 53.9 Å². The normalized spacial score (nSPS) is 46.3. The standard InChI is InChI=1S/C28H46N2O2/c1-16(2)7-6-8-17(3)19-9-10-20-24-21(11-12-27(19,20)4)28(5)14-18-15-29-30-23(18)13-22(28)25(31)26(24)32/h15-17,19-22,24-26,31-32H,6-14H2,1-5H3,(H,29,30)/t17-,19-,20+,21+,22-,24+,25-,26-,27-,28-/m1/s1. The SMILES string of the molecule is CC(C)CCC[C@@H](C)[C@H]1CC[C@H]2[C@@H]3[C@@H](O)[C@H](O)[C@H]4Cc5[nH]ncc5C[C@]4(C)[C@H]3CC[C@]12C. The molecule has 0 unspecified atom stereocenters. The van der Waals surface area contributed by atoms with Gasteiger partial charge in [0.15, 0.2) is 0 Å². The molecule has 4 heteroatoms. The van der Waals surface area contributed by atoms with Crippen LogP contribution in [0.2, 0.25) is 0 Å². The Balaban J connectivity index is 1.40. The average Bonchev–Trinajstić information content (AvgIpc) is 3.33. The van der Waals surface area contributed by atoms with E-state index < -0.39 is 12.2 Å². The zero-order chi connectivity index (χ0) is 22.8. The molecule has 1 aromatic heterocycles. The van der Waals surface area contributed by atoms with Gasteiger partial charge in [0.05, 0.1) is 18.4 Å². The van der Waals surface area contributed by atoms with Gasteiger partial charge < -0.3 is 10.2 Å². The molecule has 1 aromatic rings. The summed E-state index contributed by atoms with van der Waals surface area (Å²) in [4.78, 5) is 0. The maximum atomic E-state index is 11.5. The summed E-state index contributed by atoms with van der Waals surface area (Å²) in [6.07, 6.45) is 11.7. The monoisotopic (exact) mass is 442 g/mol. The first kappa shape index (κ1) is 22.9. The van der Waals surface area contributed by atoms with E-state index in [4.69, 9.17) is 0 Å². The molecule has 32 heavy (non-hydrogen) atoms. The number of hydrogen-bond donors (Lipinski definition) is 3. The van der Waals surface area contributed by atoms with Gasteiger partial charge in [-0.15, -0.1) is 0 Å². The molecule has 0 spiro atoms. The van der Waals surface area contributed by atoms with Crippen LogP contribution in [0.1, 0.15) is 90.8 Å². The molecule has 0 radical (unpaired) electrons. The minimum Gasteiger partial charge on any atom is -0.390 e. The Kier molecular flexibility index (Phi) is 5.81. The minimum absolute atomic E-state index is 0.0580. The van der Waals surface area contributed by atoms with E-state index >= 15 is 0 Å². The van der Waals surface area contributed by atoms with Gasteiger partial charge >= 0.3 is 0 Å². The lowest BCUT2D eigenvalue weighted by Gasteiger charge is -2.63. The van der Waals surface area contributed by atoms with Crippen molar-refractivity contribution in [3.05, 3.63) is 17.5 Å². The number of H-pyrrole nitrogens is 1. The first-order valence-electron chi connectivity index (χ1n) is 13.5. The highest BCUT2D eigenvalue weighted by molar-refractivity contribution is 5.27. The van der Waals surface area contributed by atoms with Crippen LogP contribution in [0, 0.1) is 52.3 Å². The number of nitrogens with zero attached hydrogens (tertiary/aromatic N) is 1. The third-order valence-corrected chi connectivity index (χ3v) is 11.2. The molecule has 0 bridgehead atoms. The second-order valence-corrected chi connectivity index (χ2v) is 13.2. The highest BCUT2D eigenvalue weighted by Crippen LogP contribution is 2.67. The number of aliphatic hydroxyl groups excluding tert-OH is 2. The fourth-order valence-corrected chi connectivity index (χ4v) is 9.51. The van der Waals surface area contributed by atoms with Gasteiger partial charge in [-0.05, 0) is 96.3 Å². The molecule has 4 aliphatic carbocycles. The van der Waals surface area contributed by atoms with Crippen molar-refractivity contribution in [1.29, 1.82) is 0 Å². The van der Waals surface area contributed by atoms with Crippen molar-refractivity contribution in [2.24, 2.45) is 52.3 Å². The van der Waals surface area contributed by atoms with Crippen LogP contribution in [0.3, 0.4) is 0 Å².